The minimum atomic E-state index is -1.44. The molecule has 1 saturated heterocycles. The van der Waals surface area contributed by atoms with E-state index in [9.17, 15) is 19.1 Å². The van der Waals surface area contributed by atoms with Crippen LogP contribution in [0.15, 0.2) is 59.5 Å². The molecule has 126 valence electrons. The van der Waals surface area contributed by atoms with Crippen molar-refractivity contribution in [2.24, 2.45) is 0 Å². The zero-order valence-corrected chi connectivity index (χ0v) is 14.4. The maximum Gasteiger partial charge on any atom is 0.267 e. The van der Waals surface area contributed by atoms with Crippen LogP contribution in [0.3, 0.4) is 0 Å². The third kappa shape index (κ3) is 3.47. The highest BCUT2D eigenvalue weighted by Crippen LogP contribution is 2.38. The Morgan fingerprint density at radius 3 is 2.44 bits per heavy atom. The van der Waals surface area contributed by atoms with Gasteiger partial charge >= 0.3 is 0 Å². The topological polar surface area (TPSA) is 60.4 Å². The molecule has 0 bridgehead atoms. The van der Waals surface area contributed by atoms with Gasteiger partial charge in [0.15, 0.2) is 0 Å². The molecule has 1 amide bonds. The quantitative estimate of drug-likeness (QED) is 0.610. The van der Waals surface area contributed by atoms with Gasteiger partial charge in [-0.25, -0.2) is 4.39 Å². The number of carbonyl (C=O) groups excluding carboxylic acids is 2. The number of carbonyl (C=O) groups is 2. The molecular formula is C18H11FNO3S2-. The fourth-order valence-electron chi connectivity index (χ4n) is 2.46. The summed E-state index contributed by atoms with van der Waals surface area (Å²) in [5.41, 5.74) is 0.610. The summed E-state index contributed by atoms with van der Waals surface area (Å²) in [6.45, 7) is 0. The molecule has 2 aromatic carbocycles. The molecule has 1 fully saturated rings. The first-order chi connectivity index (χ1) is 12.0. The number of rotatable bonds is 4. The molecule has 1 atom stereocenters. The molecule has 1 aliphatic heterocycles. The largest absolute Gasteiger partial charge is 0.547 e. The lowest BCUT2D eigenvalue weighted by atomic mass is 10.1. The van der Waals surface area contributed by atoms with Gasteiger partial charge in [-0.05, 0) is 17.7 Å². The van der Waals surface area contributed by atoms with E-state index in [1.54, 1.807) is 42.5 Å². The van der Waals surface area contributed by atoms with Crippen LogP contribution < -0.4 is 5.11 Å². The van der Waals surface area contributed by atoms with Crippen molar-refractivity contribution in [3.63, 3.8) is 0 Å². The highest BCUT2D eigenvalue weighted by atomic mass is 32.2. The first-order valence-electron chi connectivity index (χ1n) is 7.26. The Labute approximate surface area is 153 Å². The number of nitrogens with zero attached hydrogens (tertiary/aromatic N) is 1. The smallest absolute Gasteiger partial charge is 0.267 e. The van der Waals surface area contributed by atoms with Crippen LogP contribution in [-0.2, 0) is 9.59 Å². The lowest BCUT2D eigenvalue weighted by molar-refractivity contribution is -0.310. The third-order valence-electron chi connectivity index (χ3n) is 3.61. The average molecular weight is 372 g/mol. The lowest BCUT2D eigenvalue weighted by Crippen LogP contribution is -2.43. The standard InChI is InChI=1S/C18H12FNO3S2/c19-13-9-5-4-8-12(13)10-14-16(21)20(18(24)25-14)15(17(22)23)11-6-2-1-3-7-11/h1-10,15H,(H,22,23)/p-1/t15-/m0/s1. The van der Waals surface area contributed by atoms with Crippen molar-refractivity contribution in [2.45, 2.75) is 6.04 Å². The van der Waals surface area contributed by atoms with Crippen LogP contribution in [0.1, 0.15) is 17.2 Å². The molecule has 3 rings (SSSR count). The number of carboxylic acids is 1. The maximum atomic E-state index is 13.8. The number of benzene rings is 2. The number of carboxylic acid groups (broad SMARTS) is 1. The molecule has 0 spiro atoms. The number of hydrogen-bond acceptors (Lipinski definition) is 5. The van der Waals surface area contributed by atoms with Gasteiger partial charge in [-0.3, -0.25) is 9.69 Å². The van der Waals surface area contributed by atoms with Crippen LogP contribution in [0.25, 0.3) is 6.08 Å². The van der Waals surface area contributed by atoms with E-state index in [0.29, 0.717) is 5.56 Å². The fourth-order valence-corrected chi connectivity index (χ4v) is 3.77. The van der Waals surface area contributed by atoms with E-state index in [4.69, 9.17) is 12.2 Å². The second-order valence-corrected chi connectivity index (χ2v) is 6.88. The van der Waals surface area contributed by atoms with Crippen LogP contribution in [0.2, 0.25) is 0 Å². The minimum absolute atomic E-state index is 0.0886. The highest BCUT2D eigenvalue weighted by molar-refractivity contribution is 8.26. The Hall–Kier alpha value is -2.51. The molecule has 2 aromatic rings. The molecule has 0 radical (unpaired) electrons. The van der Waals surface area contributed by atoms with E-state index < -0.39 is 23.7 Å². The van der Waals surface area contributed by atoms with Crippen molar-refractivity contribution >= 4 is 46.3 Å². The van der Waals surface area contributed by atoms with Crippen LogP contribution in [-0.4, -0.2) is 21.1 Å². The summed E-state index contributed by atoms with van der Waals surface area (Å²) < 4.78 is 13.9. The van der Waals surface area contributed by atoms with E-state index >= 15 is 0 Å². The maximum absolute atomic E-state index is 13.8. The van der Waals surface area contributed by atoms with E-state index in [2.05, 4.69) is 0 Å². The number of amides is 1. The summed E-state index contributed by atoms with van der Waals surface area (Å²) in [6.07, 6.45) is 1.37. The monoisotopic (exact) mass is 372 g/mol. The Morgan fingerprint density at radius 1 is 1.16 bits per heavy atom. The first-order valence-corrected chi connectivity index (χ1v) is 8.49. The summed E-state index contributed by atoms with van der Waals surface area (Å²) in [5, 5.41) is 11.6. The normalized spacial score (nSPS) is 17.2. The number of thiocarbonyl (C=S) groups is 1. The van der Waals surface area contributed by atoms with Crippen LogP contribution >= 0.6 is 24.0 Å². The predicted octanol–water partition coefficient (Wildman–Crippen LogP) is 2.52. The van der Waals surface area contributed by atoms with Gasteiger partial charge in [-0.1, -0.05) is 72.5 Å². The average Bonchev–Trinajstić information content (AvgIpc) is 2.86. The van der Waals surface area contributed by atoms with E-state index in [1.807, 2.05) is 0 Å². The van der Waals surface area contributed by atoms with Crippen molar-refractivity contribution in [3.05, 3.63) is 76.4 Å². The molecule has 0 saturated carbocycles. The molecular weight excluding hydrogens is 361 g/mol. The van der Waals surface area contributed by atoms with Crippen LogP contribution in [0, 0.1) is 5.82 Å². The lowest BCUT2D eigenvalue weighted by Gasteiger charge is -2.27. The van der Waals surface area contributed by atoms with Crippen LogP contribution in [0.5, 0.6) is 0 Å². The Morgan fingerprint density at radius 2 is 1.80 bits per heavy atom. The molecule has 0 aromatic heterocycles. The number of halogens is 1. The van der Waals surface area contributed by atoms with E-state index in [0.717, 1.165) is 16.7 Å². The molecule has 1 heterocycles. The van der Waals surface area contributed by atoms with E-state index in [-0.39, 0.29) is 14.8 Å². The van der Waals surface area contributed by atoms with Gasteiger partial charge in [-0.2, -0.15) is 0 Å². The minimum Gasteiger partial charge on any atom is -0.547 e. The molecule has 0 unspecified atom stereocenters. The number of thioether (sulfide) groups is 1. The van der Waals surface area contributed by atoms with Crippen molar-refractivity contribution in [1.82, 2.24) is 4.90 Å². The molecule has 0 aliphatic carbocycles. The zero-order valence-electron chi connectivity index (χ0n) is 12.7. The highest BCUT2D eigenvalue weighted by Gasteiger charge is 2.38. The summed E-state index contributed by atoms with van der Waals surface area (Å²) in [6, 6.07) is 12.9. The second kappa shape index (κ2) is 7.16. The first kappa shape index (κ1) is 17.3. The van der Waals surface area contributed by atoms with Gasteiger partial charge in [0.25, 0.3) is 5.91 Å². The summed E-state index contributed by atoms with van der Waals surface area (Å²) >= 11 is 6.12. The molecule has 1 aliphatic rings. The van der Waals surface area contributed by atoms with Gasteiger partial charge in [0.1, 0.15) is 16.2 Å². The third-order valence-corrected chi connectivity index (χ3v) is 4.94. The summed E-state index contributed by atoms with van der Waals surface area (Å²) in [4.78, 5) is 25.5. The van der Waals surface area contributed by atoms with Crippen LogP contribution in [0.4, 0.5) is 4.39 Å². The molecule has 7 heteroatoms. The van der Waals surface area contributed by atoms with Crippen molar-refractivity contribution in [3.8, 4) is 0 Å². The Kier molecular flexibility index (Phi) is 4.96. The van der Waals surface area contributed by atoms with Crippen molar-refractivity contribution < 1.29 is 19.1 Å². The zero-order chi connectivity index (χ0) is 18.0. The summed E-state index contributed by atoms with van der Waals surface area (Å²) in [5.74, 6) is -2.50. The van der Waals surface area contributed by atoms with Crippen molar-refractivity contribution in [2.75, 3.05) is 0 Å². The van der Waals surface area contributed by atoms with Crippen molar-refractivity contribution in [1.29, 1.82) is 0 Å². The van der Waals surface area contributed by atoms with Gasteiger partial charge in [-0.15, -0.1) is 0 Å². The number of aliphatic carboxylic acids is 1. The Bertz CT molecular complexity index is 883. The predicted molar refractivity (Wildman–Crippen MR) is 95.6 cm³/mol. The second-order valence-electron chi connectivity index (χ2n) is 5.21. The summed E-state index contributed by atoms with van der Waals surface area (Å²) in [7, 11) is 0. The SMILES string of the molecule is O=C([O-])[C@H](c1ccccc1)N1C(=O)C(=Cc2ccccc2F)SC1=S. The van der Waals surface area contributed by atoms with E-state index in [1.165, 1.54) is 18.2 Å². The molecule has 25 heavy (non-hydrogen) atoms. The number of hydrogen-bond donors (Lipinski definition) is 0. The van der Waals surface area contributed by atoms with Gasteiger partial charge < -0.3 is 9.90 Å². The Balaban J connectivity index is 1.98. The van der Waals surface area contributed by atoms with Gasteiger partial charge in [0.2, 0.25) is 0 Å². The molecule has 4 nitrogen and oxygen atoms in total. The van der Waals surface area contributed by atoms with Gasteiger partial charge in [0.05, 0.1) is 10.9 Å². The van der Waals surface area contributed by atoms with Gasteiger partial charge in [0, 0.05) is 5.56 Å². The molecule has 0 N–H and O–H groups in total. The fraction of sp³-hybridized carbons (Fsp3) is 0.0556.